The summed E-state index contributed by atoms with van der Waals surface area (Å²) in [6.45, 7) is 5.60. The van der Waals surface area contributed by atoms with E-state index in [0.717, 1.165) is 19.4 Å². The first-order chi connectivity index (χ1) is 10.0. The molecule has 0 aromatic heterocycles. The Labute approximate surface area is 126 Å². The minimum atomic E-state index is -3.45. The molecule has 4 N–H and O–H groups in total. The first-order valence-corrected chi connectivity index (χ1v) is 8.95. The van der Waals surface area contributed by atoms with Crippen LogP contribution in [0.1, 0.15) is 19.8 Å². The zero-order chi connectivity index (χ0) is 15.6. The van der Waals surface area contributed by atoms with Gasteiger partial charge in [-0.2, -0.15) is 0 Å². The van der Waals surface area contributed by atoms with Crippen molar-refractivity contribution in [3.05, 3.63) is 0 Å². The van der Waals surface area contributed by atoms with E-state index in [4.69, 9.17) is 14.6 Å². The standard InChI is InChI=1S/C12H26N4O4S/c1-2-14-12(16-6-9-21(13,17)18)15-5-3-7-20-11-4-8-19-10-11/h11H,2-10H2,1H3,(H2,13,17,18)(H2,14,15,16). The molecule has 0 spiro atoms. The third-order valence-electron chi connectivity index (χ3n) is 2.84. The summed E-state index contributed by atoms with van der Waals surface area (Å²) in [6, 6.07) is 0. The van der Waals surface area contributed by atoms with Gasteiger partial charge in [-0.1, -0.05) is 0 Å². The number of primary sulfonamides is 1. The van der Waals surface area contributed by atoms with E-state index in [2.05, 4.69) is 15.6 Å². The second-order valence-corrected chi connectivity index (χ2v) is 6.50. The summed E-state index contributed by atoms with van der Waals surface area (Å²) < 4.78 is 32.6. The van der Waals surface area contributed by atoms with Crippen molar-refractivity contribution in [1.82, 2.24) is 10.6 Å². The quantitative estimate of drug-likeness (QED) is 0.286. The summed E-state index contributed by atoms with van der Waals surface area (Å²) in [5.41, 5.74) is 0. The molecule has 124 valence electrons. The van der Waals surface area contributed by atoms with Crippen LogP contribution in [-0.4, -0.2) is 65.7 Å². The number of nitrogens with two attached hydrogens (primary N) is 1. The number of nitrogens with one attached hydrogen (secondary N) is 2. The van der Waals surface area contributed by atoms with Crippen LogP contribution in [0.3, 0.4) is 0 Å². The number of ether oxygens (including phenoxy) is 2. The molecule has 1 fully saturated rings. The zero-order valence-electron chi connectivity index (χ0n) is 12.5. The molecule has 1 aliphatic heterocycles. The lowest BCUT2D eigenvalue weighted by molar-refractivity contribution is 0.0424. The Balaban J connectivity index is 2.17. The Morgan fingerprint density at radius 2 is 2.29 bits per heavy atom. The average Bonchev–Trinajstić information content (AvgIpc) is 2.90. The summed E-state index contributed by atoms with van der Waals surface area (Å²) >= 11 is 0. The lowest BCUT2D eigenvalue weighted by atomic mass is 10.3. The van der Waals surface area contributed by atoms with Gasteiger partial charge < -0.3 is 20.1 Å². The smallest absolute Gasteiger partial charge is 0.210 e. The third-order valence-corrected chi connectivity index (χ3v) is 3.61. The lowest BCUT2D eigenvalue weighted by Crippen LogP contribution is -2.40. The summed E-state index contributed by atoms with van der Waals surface area (Å²) in [5, 5.41) is 10.9. The van der Waals surface area contributed by atoms with Crippen molar-refractivity contribution in [2.45, 2.75) is 25.9 Å². The Kier molecular flexibility index (Phi) is 8.58. The van der Waals surface area contributed by atoms with E-state index in [1.807, 2.05) is 6.92 Å². The molecular formula is C12H26N4O4S. The van der Waals surface area contributed by atoms with Gasteiger partial charge >= 0.3 is 0 Å². The predicted octanol–water partition coefficient (Wildman–Crippen LogP) is -0.974. The fourth-order valence-electron chi connectivity index (χ4n) is 1.80. The fourth-order valence-corrected chi connectivity index (χ4v) is 2.19. The highest BCUT2D eigenvalue weighted by Gasteiger charge is 2.15. The Morgan fingerprint density at radius 3 is 2.90 bits per heavy atom. The monoisotopic (exact) mass is 322 g/mol. The lowest BCUT2D eigenvalue weighted by Gasteiger charge is -2.11. The molecule has 1 unspecified atom stereocenters. The Hall–Kier alpha value is -0.900. The SMILES string of the molecule is CCNC(=NCCCOC1CCOC1)NCCS(N)(=O)=O. The van der Waals surface area contributed by atoms with Crippen LogP contribution in [0.15, 0.2) is 4.99 Å². The van der Waals surface area contributed by atoms with Gasteiger partial charge in [-0.25, -0.2) is 13.6 Å². The van der Waals surface area contributed by atoms with Gasteiger partial charge in [0.05, 0.1) is 18.5 Å². The molecule has 1 atom stereocenters. The second kappa shape index (κ2) is 9.93. The van der Waals surface area contributed by atoms with Crippen LogP contribution in [0.5, 0.6) is 0 Å². The number of hydrogen-bond donors (Lipinski definition) is 3. The summed E-state index contributed by atoms with van der Waals surface area (Å²) in [4.78, 5) is 4.34. The van der Waals surface area contributed by atoms with Gasteiger partial charge in [-0.15, -0.1) is 0 Å². The summed E-state index contributed by atoms with van der Waals surface area (Å²) in [6.07, 6.45) is 1.98. The first kappa shape index (κ1) is 18.1. The highest BCUT2D eigenvalue weighted by atomic mass is 32.2. The molecule has 9 heteroatoms. The van der Waals surface area contributed by atoms with Crippen LogP contribution < -0.4 is 15.8 Å². The van der Waals surface area contributed by atoms with E-state index in [1.54, 1.807) is 0 Å². The maximum absolute atomic E-state index is 10.8. The number of nitrogens with zero attached hydrogens (tertiary/aromatic N) is 1. The minimum absolute atomic E-state index is 0.123. The van der Waals surface area contributed by atoms with Crippen LogP contribution in [-0.2, 0) is 19.5 Å². The van der Waals surface area contributed by atoms with Crippen LogP contribution in [0.2, 0.25) is 0 Å². The van der Waals surface area contributed by atoms with Crippen molar-refractivity contribution in [2.75, 3.05) is 45.2 Å². The molecule has 1 heterocycles. The Morgan fingerprint density at radius 1 is 1.48 bits per heavy atom. The van der Waals surface area contributed by atoms with Crippen molar-refractivity contribution in [1.29, 1.82) is 0 Å². The Bertz CT molecular complexity index is 407. The van der Waals surface area contributed by atoms with Crippen molar-refractivity contribution >= 4 is 16.0 Å². The van der Waals surface area contributed by atoms with Gasteiger partial charge in [0.1, 0.15) is 0 Å². The van der Waals surface area contributed by atoms with Crippen LogP contribution in [0.4, 0.5) is 0 Å². The molecule has 1 saturated heterocycles. The molecule has 0 aliphatic carbocycles. The number of hydrogen-bond acceptors (Lipinski definition) is 5. The van der Waals surface area contributed by atoms with Gasteiger partial charge in [-0.05, 0) is 19.8 Å². The van der Waals surface area contributed by atoms with Gasteiger partial charge in [0.2, 0.25) is 10.0 Å². The molecular weight excluding hydrogens is 296 g/mol. The predicted molar refractivity (Wildman–Crippen MR) is 81.7 cm³/mol. The fraction of sp³-hybridized carbons (Fsp3) is 0.917. The normalized spacial score (nSPS) is 19.7. The van der Waals surface area contributed by atoms with Gasteiger partial charge in [0, 0.05) is 32.8 Å². The van der Waals surface area contributed by atoms with Crippen molar-refractivity contribution in [3.63, 3.8) is 0 Å². The summed E-state index contributed by atoms with van der Waals surface area (Å²) in [7, 11) is -3.45. The molecule has 0 aromatic rings. The van der Waals surface area contributed by atoms with E-state index >= 15 is 0 Å². The van der Waals surface area contributed by atoms with Gasteiger partial charge in [-0.3, -0.25) is 4.99 Å². The molecule has 21 heavy (non-hydrogen) atoms. The van der Waals surface area contributed by atoms with Crippen molar-refractivity contribution in [3.8, 4) is 0 Å². The highest BCUT2D eigenvalue weighted by molar-refractivity contribution is 7.89. The number of aliphatic imine (C=N–C) groups is 1. The first-order valence-electron chi connectivity index (χ1n) is 7.23. The van der Waals surface area contributed by atoms with E-state index < -0.39 is 10.0 Å². The molecule has 0 radical (unpaired) electrons. The number of guanidine groups is 1. The molecule has 1 aliphatic rings. The molecule has 0 bridgehead atoms. The third kappa shape index (κ3) is 9.62. The largest absolute Gasteiger partial charge is 0.379 e. The second-order valence-electron chi connectivity index (χ2n) is 4.76. The van der Waals surface area contributed by atoms with Gasteiger partial charge in [0.15, 0.2) is 5.96 Å². The maximum Gasteiger partial charge on any atom is 0.210 e. The number of rotatable bonds is 9. The average molecular weight is 322 g/mol. The molecule has 0 aromatic carbocycles. The van der Waals surface area contributed by atoms with Crippen LogP contribution >= 0.6 is 0 Å². The summed E-state index contributed by atoms with van der Waals surface area (Å²) in [5.74, 6) is 0.465. The maximum atomic E-state index is 10.8. The molecule has 0 saturated carbocycles. The van der Waals surface area contributed by atoms with E-state index in [0.29, 0.717) is 32.3 Å². The highest BCUT2D eigenvalue weighted by Crippen LogP contribution is 2.07. The zero-order valence-corrected chi connectivity index (χ0v) is 13.3. The van der Waals surface area contributed by atoms with Crippen molar-refractivity contribution in [2.24, 2.45) is 10.1 Å². The molecule has 8 nitrogen and oxygen atoms in total. The minimum Gasteiger partial charge on any atom is -0.379 e. The topological polar surface area (TPSA) is 115 Å². The van der Waals surface area contributed by atoms with Crippen molar-refractivity contribution < 1.29 is 17.9 Å². The van der Waals surface area contributed by atoms with E-state index in [1.165, 1.54) is 0 Å². The van der Waals surface area contributed by atoms with E-state index in [-0.39, 0.29) is 18.4 Å². The van der Waals surface area contributed by atoms with Crippen LogP contribution in [0, 0.1) is 0 Å². The van der Waals surface area contributed by atoms with Gasteiger partial charge in [0.25, 0.3) is 0 Å². The molecule has 0 amide bonds. The van der Waals surface area contributed by atoms with Crippen LogP contribution in [0.25, 0.3) is 0 Å². The van der Waals surface area contributed by atoms with E-state index in [9.17, 15) is 8.42 Å². The number of sulfonamides is 1. The molecule has 1 rings (SSSR count).